The van der Waals surface area contributed by atoms with Crippen molar-refractivity contribution in [1.29, 1.82) is 0 Å². The van der Waals surface area contributed by atoms with Crippen molar-refractivity contribution in [2.24, 2.45) is 16.7 Å². The van der Waals surface area contributed by atoms with Crippen LogP contribution in [0.15, 0.2) is 0 Å². The molecule has 3 fully saturated rings. The van der Waals surface area contributed by atoms with E-state index in [1.54, 1.807) is 0 Å². The molecule has 3 rings (SSSR count). The minimum absolute atomic E-state index is 0. The van der Waals surface area contributed by atoms with E-state index in [1.165, 1.54) is 12.8 Å². The molecular formula is C16H29ClN2O2. The molecule has 1 aliphatic heterocycles. The van der Waals surface area contributed by atoms with Crippen LogP contribution in [-0.4, -0.2) is 37.7 Å². The van der Waals surface area contributed by atoms with Crippen LogP contribution in [0.1, 0.15) is 46.5 Å². The van der Waals surface area contributed by atoms with Gasteiger partial charge in [-0.1, -0.05) is 20.8 Å². The number of carbonyl (C=O) groups is 1. The van der Waals surface area contributed by atoms with E-state index < -0.39 is 0 Å². The smallest absolute Gasteiger partial charge is 0.221 e. The van der Waals surface area contributed by atoms with Crippen molar-refractivity contribution in [2.75, 3.05) is 19.8 Å². The molecule has 2 N–H and O–H groups in total. The molecule has 1 heterocycles. The van der Waals surface area contributed by atoms with Crippen LogP contribution in [0.5, 0.6) is 0 Å². The molecular weight excluding hydrogens is 288 g/mol. The topological polar surface area (TPSA) is 50.4 Å². The lowest BCUT2D eigenvalue weighted by Crippen LogP contribution is -2.49. The van der Waals surface area contributed by atoms with Gasteiger partial charge in [-0.05, 0) is 36.0 Å². The number of ether oxygens (including phenoxy) is 1. The van der Waals surface area contributed by atoms with Crippen molar-refractivity contribution in [3.8, 4) is 0 Å². The molecule has 0 aromatic heterocycles. The Labute approximate surface area is 134 Å². The van der Waals surface area contributed by atoms with Gasteiger partial charge in [-0.15, -0.1) is 12.4 Å². The number of halogens is 1. The second kappa shape index (κ2) is 6.05. The average Bonchev–Trinajstić information content (AvgIpc) is 2.73. The van der Waals surface area contributed by atoms with Crippen molar-refractivity contribution >= 4 is 18.3 Å². The van der Waals surface area contributed by atoms with E-state index in [0.717, 1.165) is 25.5 Å². The monoisotopic (exact) mass is 316 g/mol. The number of fused-ring (bicyclic) bond motifs is 2. The van der Waals surface area contributed by atoms with Crippen LogP contribution in [0.3, 0.4) is 0 Å². The van der Waals surface area contributed by atoms with Gasteiger partial charge < -0.3 is 15.4 Å². The van der Waals surface area contributed by atoms with Crippen LogP contribution in [0.2, 0.25) is 0 Å². The lowest BCUT2D eigenvalue weighted by molar-refractivity contribution is -0.124. The minimum Gasteiger partial charge on any atom is -0.378 e. The fourth-order valence-electron chi connectivity index (χ4n) is 4.65. The summed E-state index contributed by atoms with van der Waals surface area (Å²) in [5.74, 6) is 0.955. The first kappa shape index (κ1) is 17.0. The molecule has 0 aromatic rings. The van der Waals surface area contributed by atoms with Gasteiger partial charge in [0.2, 0.25) is 5.91 Å². The van der Waals surface area contributed by atoms with Gasteiger partial charge in [-0.2, -0.15) is 0 Å². The molecule has 4 nitrogen and oxygen atoms in total. The SMILES string of the molecule is CC1(C)C2CCC1(C)C(NC(=O)CC1COCCN1)C2.Cl. The normalized spacial score (nSPS) is 40.6. The number of morpholine rings is 1. The van der Waals surface area contributed by atoms with Crippen molar-refractivity contribution in [3.05, 3.63) is 0 Å². The third-order valence-corrected chi connectivity index (χ3v) is 6.56. The second-order valence-corrected chi connectivity index (χ2v) is 7.66. The maximum atomic E-state index is 12.3. The summed E-state index contributed by atoms with van der Waals surface area (Å²) in [5, 5.41) is 6.67. The summed E-state index contributed by atoms with van der Waals surface area (Å²) >= 11 is 0. The quantitative estimate of drug-likeness (QED) is 0.838. The zero-order valence-electron chi connectivity index (χ0n) is 13.4. The summed E-state index contributed by atoms with van der Waals surface area (Å²) in [6.07, 6.45) is 4.27. The fraction of sp³-hybridized carbons (Fsp3) is 0.938. The third-order valence-electron chi connectivity index (χ3n) is 6.56. The van der Waals surface area contributed by atoms with E-state index in [0.29, 0.717) is 24.5 Å². The Bertz CT molecular complexity index is 396. The van der Waals surface area contributed by atoms with Gasteiger partial charge in [0.25, 0.3) is 0 Å². The van der Waals surface area contributed by atoms with Crippen molar-refractivity contribution in [2.45, 2.75) is 58.5 Å². The zero-order chi connectivity index (χ0) is 14.4. The summed E-state index contributed by atoms with van der Waals surface area (Å²) in [5.41, 5.74) is 0.626. The first-order valence-corrected chi connectivity index (χ1v) is 8.04. The van der Waals surface area contributed by atoms with E-state index in [9.17, 15) is 4.79 Å². The summed E-state index contributed by atoms with van der Waals surface area (Å²) in [6.45, 7) is 9.40. The molecule has 1 amide bonds. The highest BCUT2D eigenvalue weighted by atomic mass is 35.5. The lowest BCUT2D eigenvalue weighted by Gasteiger charge is -2.39. The Morgan fingerprint density at radius 2 is 2.14 bits per heavy atom. The molecule has 4 atom stereocenters. The van der Waals surface area contributed by atoms with Crippen LogP contribution in [0.25, 0.3) is 0 Å². The van der Waals surface area contributed by atoms with Crippen LogP contribution in [-0.2, 0) is 9.53 Å². The molecule has 21 heavy (non-hydrogen) atoms. The van der Waals surface area contributed by atoms with E-state index >= 15 is 0 Å². The number of rotatable bonds is 3. The van der Waals surface area contributed by atoms with Crippen LogP contribution < -0.4 is 10.6 Å². The third kappa shape index (κ3) is 2.82. The van der Waals surface area contributed by atoms with Gasteiger partial charge in [-0.25, -0.2) is 0 Å². The van der Waals surface area contributed by atoms with Gasteiger partial charge in [0, 0.05) is 25.0 Å². The molecule has 0 spiro atoms. The summed E-state index contributed by atoms with van der Waals surface area (Å²) in [4.78, 5) is 12.3. The van der Waals surface area contributed by atoms with E-state index in [2.05, 4.69) is 31.4 Å². The first-order valence-electron chi connectivity index (χ1n) is 8.04. The van der Waals surface area contributed by atoms with E-state index in [-0.39, 0.29) is 29.8 Å². The Hall–Kier alpha value is -0.320. The van der Waals surface area contributed by atoms with Crippen LogP contribution in [0, 0.1) is 16.7 Å². The van der Waals surface area contributed by atoms with Gasteiger partial charge in [0.1, 0.15) is 0 Å². The number of carbonyl (C=O) groups excluding carboxylic acids is 1. The Kier molecular flexibility index (Phi) is 4.91. The molecule has 2 saturated carbocycles. The average molecular weight is 317 g/mol. The molecule has 0 aromatic carbocycles. The summed E-state index contributed by atoms with van der Waals surface area (Å²) in [6, 6.07) is 0.538. The largest absolute Gasteiger partial charge is 0.378 e. The maximum absolute atomic E-state index is 12.3. The molecule has 2 bridgehead atoms. The molecule has 122 valence electrons. The van der Waals surface area contributed by atoms with Gasteiger partial charge >= 0.3 is 0 Å². The highest BCUT2D eigenvalue weighted by molar-refractivity contribution is 5.85. The summed E-state index contributed by atoms with van der Waals surface area (Å²) in [7, 11) is 0. The van der Waals surface area contributed by atoms with Crippen molar-refractivity contribution < 1.29 is 9.53 Å². The molecule has 0 radical (unpaired) electrons. The number of nitrogens with one attached hydrogen (secondary N) is 2. The molecule has 2 aliphatic carbocycles. The second-order valence-electron chi connectivity index (χ2n) is 7.66. The molecule has 4 unspecified atom stereocenters. The Balaban J connectivity index is 0.00000161. The van der Waals surface area contributed by atoms with Gasteiger partial charge in [0.05, 0.1) is 13.2 Å². The Morgan fingerprint density at radius 1 is 1.38 bits per heavy atom. The van der Waals surface area contributed by atoms with Gasteiger partial charge in [0.15, 0.2) is 0 Å². The predicted molar refractivity (Wildman–Crippen MR) is 85.6 cm³/mol. The number of amides is 1. The number of hydrogen-bond acceptors (Lipinski definition) is 3. The zero-order valence-corrected chi connectivity index (χ0v) is 14.2. The van der Waals surface area contributed by atoms with Crippen LogP contribution in [0.4, 0.5) is 0 Å². The van der Waals surface area contributed by atoms with E-state index in [4.69, 9.17) is 4.74 Å². The molecule has 1 saturated heterocycles. The minimum atomic E-state index is 0. The lowest BCUT2D eigenvalue weighted by atomic mass is 9.69. The maximum Gasteiger partial charge on any atom is 0.221 e. The fourth-order valence-corrected chi connectivity index (χ4v) is 4.65. The Morgan fingerprint density at radius 3 is 2.67 bits per heavy atom. The van der Waals surface area contributed by atoms with Crippen molar-refractivity contribution in [3.63, 3.8) is 0 Å². The number of hydrogen-bond donors (Lipinski definition) is 2. The first-order chi connectivity index (χ1) is 9.43. The molecule has 3 aliphatic rings. The summed E-state index contributed by atoms with van der Waals surface area (Å²) < 4.78 is 5.41. The van der Waals surface area contributed by atoms with Crippen LogP contribution >= 0.6 is 12.4 Å². The molecule has 5 heteroatoms. The van der Waals surface area contributed by atoms with Gasteiger partial charge in [-0.3, -0.25) is 4.79 Å². The van der Waals surface area contributed by atoms with E-state index in [1.807, 2.05) is 0 Å². The predicted octanol–water partition coefficient (Wildman–Crippen LogP) is 2.12. The van der Waals surface area contributed by atoms with Crippen molar-refractivity contribution in [1.82, 2.24) is 10.6 Å². The highest BCUT2D eigenvalue weighted by Crippen LogP contribution is 2.65. The highest BCUT2D eigenvalue weighted by Gasteiger charge is 2.61. The standard InChI is InChI=1S/C16H28N2O2.ClH/c1-15(2)11-4-5-16(15,3)13(8-11)18-14(19)9-12-10-20-7-6-17-12;/h11-13,17H,4-10H2,1-3H3,(H,18,19);1H.